The van der Waals surface area contributed by atoms with Gasteiger partial charge < -0.3 is 24.8 Å². The molecule has 3 aliphatic rings. The molecule has 3 N–H and O–H groups in total. The summed E-state index contributed by atoms with van der Waals surface area (Å²) in [5.74, 6) is -2.73. The molecular formula is C24H28FN5O6S. The second-order valence-corrected chi connectivity index (χ2v) is 11.5. The molecule has 2 aliphatic heterocycles. The minimum atomic E-state index is -4.13. The number of carbonyl (C=O) groups is 3. The number of hydrogen-bond donors (Lipinski definition) is 3. The number of piperidine rings is 1. The number of nitrogens with one attached hydrogen (secondary N) is 3. The van der Waals surface area contributed by atoms with Crippen LogP contribution in [-0.2, 0) is 26.7 Å². The highest BCUT2D eigenvalue weighted by Gasteiger charge is 2.41. The second-order valence-electron chi connectivity index (χ2n) is 9.79. The molecule has 2 unspecified atom stereocenters. The number of aryl methyl sites for hydroxylation is 2. The van der Waals surface area contributed by atoms with E-state index in [-0.39, 0.29) is 48.0 Å². The van der Waals surface area contributed by atoms with E-state index in [1.807, 2.05) is 0 Å². The first-order valence-electron chi connectivity index (χ1n) is 12.0. The van der Waals surface area contributed by atoms with Crippen molar-refractivity contribution in [1.82, 2.24) is 19.5 Å². The monoisotopic (exact) mass is 533 g/mol. The molecule has 11 nitrogen and oxygen atoms in total. The summed E-state index contributed by atoms with van der Waals surface area (Å²) < 4.78 is 50.2. The Kier molecular flexibility index (Phi) is 6.44. The van der Waals surface area contributed by atoms with Crippen LogP contribution in [0.4, 0.5) is 10.1 Å². The smallest absolute Gasteiger partial charge is 0.311 e. The fraction of sp³-hybridized carbons (Fsp3) is 0.458. The molecule has 3 heterocycles. The standard InChI is InChI=1S/C24H28FN5O6S/c1-13-9-16(5-6-17(13)25)27-22(31)20-21-19(11-29(20)2)37(34,35)28-18-10-30(8-7-14(18)12-36-21)24(33)23(32)26-15-3-4-15/h5-6,9,11,14-15,18,28H,3-4,7-8,10,12H2,1-2H3,(H,26,32)(H,27,31). The van der Waals surface area contributed by atoms with Gasteiger partial charge in [-0.25, -0.2) is 17.5 Å². The maximum absolute atomic E-state index is 13.6. The van der Waals surface area contributed by atoms with E-state index in [0.717, 1.165) is 12.8 Å². The fourth-order valence-corrected chi connectivity index (χ4v) is 6.16. The third-order valence-corrected chi connectivity index (χ3v) is 8.40. The van der Waals surface area contributed by atoms with Crippen molar-refractivity contribution in [3.8, 4) is 5.75 Å². The number of amides is 3. The van der Waals surface area contributed by atoms with E-state index in [1.165, 1.54) is 40.9 Å². The van der Waals surface area contributed by atoms with Gasteiger partial charge in [-0.05, 0) is 49.9 Å². The summed E-state index contributed by atoms with van der Waals surface area (Å²) in [7, 11) is -2.61. The number of nitrogens with zero attached hydrogens (tertiary/aromatic N) is 2. The van der Waals surface area contributed by atoms with Crippen molar-refractivity contribution in [1.29, 1.82) is 0 Å². The van der Waals surface area contributed by atoms with Crippen molar-refractivity contribution in [2.75, 3.05) is 25.0 Å². The van der Waals surface area contributed by atoms with Crippen molar-refractivity contribution in [2.24, 2.45) is 13.0 Å². The number of carbonyl (C=O) groups excluding carboxylic acids is 3. The van der Waals surface area contributed by atoms with Crippen LogP contribution in [0.25, 0.3) is 0 Å². The van der Waals surface area contributed by atoms with Gasteiger partial charge in [0.05, 0.1) is 6.61 Å². The summed E-state index contributed by atoms with van der Waals surface area (Å²) in [5, 5.41) is 5.33. The van der Waals surface area contributed by atoms with Crippen LogP contribution >= 0.6 is 0 Å². The van der Waals surface area contributed by atoms with Crippen LogP contribution in [0.15, 0.2) is 29.3 Å². The number of likely N-dealkylation sites (tertiary alicyclic amines) is 1. The zero-order valence-electron chi connectivity index (χ0n) is 20.4. The molecule has 1 saturated heterocycles. The first-order chi connectivity index (χ1) is 17.5. The SMILES string of the molecule is Cc1cc(NC(=O)c2c3c(cn2C)S(=O)(=O)NC2CN(C(=O)C(=O)NC4CC4)CCC2CO3)ccc1F. The van der Waals surface area contributed by atoms with Crippen molar-refractivity contribution in [2.45, 2.75) is 43.2 Å². The highest BCUT2D eigenvalue weighted by Crippen LogP contribution is 2.35. The molecule has 1 aliphatic carbocycles. The van der Waals surface area contributed by atoms with Gasteiger partial charge >= 0.3 is 11.8 Å². The summed E-state index contributed by atoms with van der Waals surface area (Å²) in [4.78, 5) is 39.1. The molecule has 2 fully saturated rings. The molecule has 1 aromatic carbocycles. The third kappa shape index (κ3) is 5.05. The first kappa shape index (κ1) is 25.2. The van der Waals surface area contributed by atoms with Crippen molar-refractivity contribution >= 4 is 33.4 Å². The molecule has 13 heteroatoms. The number of aromatic nitrogens is 1. The van der Waals surface area contributed by atoms with Crippen LogP contribution in [0, 0.1) is 18.7 Å². The lowest BCUT2D eigenvalue weighted by atomic mass is 9.93. The number of rotatable bonds is 3. The summed E-state index contributed by atoms with van der Waals surface area (Å²) in [6.07, 6.45) is 3.40. The van der Waals surface area contributed by atoms with Crippen molar-refractivity contribution in [3.05, 3.63) is 41.5 Å². The second kappa shape index (κ2) is 9.45. The Morgan fingerprint density at radius 1 is 1.19 bits per heavy atom. The lowest BCUT2D eigenvalue weighted by Gasteiger charge is -2.39. The van der Waals surface area contributed by atoms with E-state index in [2.05, 4.69) is 15.4 Å². The molecule has 0 bridgehead atoms. The zero-order chi connectivity index (χ0) is 26.5. The maximum Gasteiger partial charge on any atom is 0.311 e. The highest BCUT2D eigenvalue weighted by molar-refractivity contribution is 7.89. The average molecular weight is 534 g/mol. The van der Waals surface area contributed by atoms with Gasteiger partial charge in [-0.1, -0.05) is 0 Å². The normalized spacial score (nSPS) is 22.5. The summed E-state index contributed by atoms with van der Waals surface area (Å²) in [5.41, 5.74) is 0.711. The Morgan fingerprint density at radius 2 is 1.95 bits per heavy atom. The molecule has 1 aromatic heterocycles. The first-order valence-corrected chi connectivity index (χ1v) is 13.5. The molecule has 3 amide bonds. The van der Waals surface area contributed by atoms with E-state index in [1.54, 1.807) is 6.92 Å². The summed E-state index contributed by atoms with van der Waals surface area (Å²) in [6, 6.07) is 3.50. The van der Waals surface area contributed by atoms with E-state index in [9.17, 15) is 27.2 Å². The van der Waals surface area contributed by atoms with Gasteiger partial charge in [-0.15, -0.1) is 0 Å². The van der Waals surface area contributed by atoms with Gasteiger partial charge in [-0.2, -0.15) is 0 Å². The number of halogens is 1. The Hall–Kier alpha value is -3.45. The van der Waals surface area contributed by atoms with Gasteiger partial charge in [0.1, 0.15) is 10.7 Å². The van der Waals surface area contributed by atoms with Gasteiger partial charge in [0.15, 0.2) is 11.4 Å². The highest BCUT2D eigenvalue weighted by atomic mass is 32.2. The predicted molar refractivity (Wildman–Crippen MR) is 130 cm³/mol. The minimum absolute atomic E-state index is 0.00478. The summed E-state index contributed by atoms with van der Waals surface area (Å²) >= 11 is 0. The number of hydrogen-bond acceptors (Lipinski definition) is 6. The number of sulfonamides is 1. The van der Waals surface area contributed by atoms with E-state index >= 15 is 0 Å². The molecule has 2 atom stereocenters. The molecule has 2 aromatic rings. The Labute approximate surface area is 213 Å². The maximum atomic E-state index is 13.6. The predicted octanol–water partition coefficient (Wildman–Crippen LogP) is 0.891. The van der Waals surface area contributed by atoms with Crippen LogP contribution in [0.2, 0.25) is 0 Å². The fourth-order valence-electron chi connectivity index (χ4n) is 4.67. The Balaban J connectivity index is 1.36. The average Bonchev–Trinajstić information content (AvgIpc) is 3.58. The van der Waals surface area contributed by atoms with Gasteiger partial charge in [0, 0.05) is 50.0 Å². The lowest BCUT2D eigenvalue weighted by Crippen LogP contribution is -2.57. The van der Waals surface area contributed by atoms with Crippen LogP contribution in [0.3, 0.4) is 0 Å². The summed E-state index contributed by atoms with van der Waals surface area (Å²) in [6.45, 7) is 1.99. The van der Waals surface area contributed by atoms with Gasteiger partial charge in [-0.3, -0.25) is 14.4 Å². The van der Waals surface area contributed by atoms with Crippen molar-refractivity contribution in [3.63, 3.8) is 0 Å². The van der Waals surface area contributed by atoms with Crippen LogP contribution in [-0.4, -0.2) is 67.4 Å². The van der Waals surface area contributed by atoms with E-state index < -0.39 is 39.6 Å². The van der Waals surface area contributed by atoms with E-state index in [0.29, 0.717) is 17.7 Å². The lowest BCUT2D eigenvalue weighted by molar-refractivity contribution is -0.147. The molecule has 198 valence electrons. The van der Waals surface area contributed by atoms with E-state index in [4.69, 9.17) is 4.74 Å². The number of benzene rings is 1. The molecule has 1 saturated carbocycles. The molecule has 5 rings (SSSR count). The number of anilines is 1. The Morgan fingerprint density at radius 3 is 2.65 bits per heavy atom. The molecule has 0 spiro atoms. The van der Waals surface area contributed by atoms with Crippen molar-refractivity contribution < 1.29 is 31.9 Å². The minimum Gasteiger partial charge on any atom is -0.489 e. The molecule has 37 heavy (non-hydrogen) atoms. The topological polar surface area (TPSA) is 139 Å². The third-order valence-electron chi connectivity index (χ3n) is 6.92. The molecule has 0 radical (unpaired) electrons. The quantitative estimate of drug-likeness (QED) is 0.501. The van der Waals surface area contributed by atoms with Gasteiger partial charge in [0.25, 0.3) is 5.91 Å². The zero-order valence-corrected chi connectivity index (χ0v) is 21.2. The van der Waals surface area contributed by atoms with Gasteiger partial charge in [0.2, 0.25) is 10.0 Å². The molecular weight excluding hydrogens is 505 g/mol. The van der Waals surface area contributed by atoms with Crippen LogP contribution in [0.1, 0.15) is 35.3 Å². The number of fused-ring (bicyclic) bond motifs is 2. The Bertz CT molecular complexity index is 1390. The largest absolute Gasteiger partial charge is 0.489 e. The van der Waals surface area contributed by atoms with Crippen LogP contribution in [0.5, 0.6) is 5.75 Å². The van der Waals surface area contributed by atoms with Crippen LogP contribution < -0.4 is 20.1 Å². The number of ether oxygens (including phenoxy) is 1.